The molecule has 2 heterocycles. The fourth-order valence-corrected chi connectivity index (χ4v) is 4.31. The molecule has 0 spiro atoms. The van der Waals surface area contributed by atoms with Crippen molar-refractivity contribution < 1.29 is 17.6 Å². The van der Waals surface area contributed by atoms with Gasteiger partial charge in [-0.2, -0.15) is 0 Å². The van der Waals surface area contributed by atoms with Crippen molar-refractivity contribution in [2.24, 2.45) is 0 Å². The first-order valence-electron chi connectivity index (χ1n) is 6.44. The minimum atomic E-state index is -3.33. The number of aromatic nitrogens is 1. The Balaban J connectivity index is 1.88. The maximum absolute atomic E-state index is 12.4. The van der Waals surface area contributed by atoms with E-state index in [1.807, 2.05) is 0 Å². The van der Waals surface area contributed by atoms with Crippen molar-refractivity contribution in [1.82, 2.24) is 4.98 Å². The zero-order valence-electron chi connectivity index (χ0n) is 11.1. The Morgan fingerprint density at radius 2 is 2.25 bits per heavy atom. The molecule has 1 aliphatic heterocycles. The van der Waals surface area contributed by atoms with E-state index >= 15 is 0 Å². The van der Waals surface area contributed by atoms with Crippen molar-refractivity contribution in [3.05, 3.63) is 24.1 Å². The third kappa shape index (κ3) is 2.38. The van der Waals surface area contributed by atoms with Gasteiger partial charge in [0.15, 0.2) is 15.4 Å². The van der Waals surface area contributed by atoms with Gasteiger partial charge in [0.25, 0.3) is 0 Å². The molecule has 2 aromatic rings. The molecule has 1 saturated heterocycles. The lowest BCUT2D eigenvalue weighted by Crippen LogP contribution is -2.29. The lowest BCUT2D eigenvalue weighted by molar-refractivity contribution is 0.126. The van der Waals surface area contributed by atoms with Crippen molar-refractivity contribution in [3.63, 3.8) is 0 Å². The van der Waals surface area contributed by atoms with Crippen LogP contribution in [0, 0.1) is 0 Å². The van der Waals surface area contributed by atoms with Crippen LogP contribution in [-0.2, 0) is 20.3 Å². The molecule has 1 aliphatic rings. The fourth-order valence-electron chi connectivity index (χ4n) is 2.51. The molecule has 0 amide bonds. The third-order valence-corrected chi connectivity index (χ3v) is 5.74. The number of rotatable bonds is 3. The van der Waals surface area contributed by atoms with Gasteiger partial charge in [-0.15, -0.1) is 0 Å². The summed E-state index contributed by atoms with van der Waals surface area (Å²) in [6.07, 6.45) is 0.247. The van der Waals surface area contributed by atoms with Crippen LogP contribution >= 0.6 is 0 Å². The predicted octanol–water partition coefficient (Wildman–Crippen LogP) is 1.50. The molecule has 1 aromatic heterocycles. The highest BCUT2D eigenvalue weighted by Crippen LogP contribution is 2.25. The van der Waals surface area contributed by atoms with Crippen molar-refractivity contribution in [2.75, 3.05) is 12.3 Å². The van der Waals surface area contributed by atoms with E-state index in [9.17, 15) is 8.42 Å². The average molecular weight is 296 g/mol. The normalized spacial score (nSPS) is 23.4. The molecule has 0 saturated carbocycles. The maximum Gasteiger partial charge on any atom is 0.210 e. The van der Waals surface area contributed by atoms with Crippen LogP contribution in [-0.4, -0.2) is 31.4 Å². The second kappa shape index (κ2) is 4.75. The number of nitrogens with two attached hydrogens (primary N) is 1. The first kappa shape index (κ1) is 13.4. The lowest BCUT2D eigenvalue weighted by Gasteiger charge is -2.13. The number of benzene rings is 1. The summed E-state index contributed by atoms with van der Waals surface area (Å²) in [5.41, 5.74) is 7.33. The molecule has 1 aromatic carbocycles. The number of fused-ring (bicyclic) bond motifs is 1. The average Bonchev–Trinajstić information content (AvgIpc) is 2.93. The summed E-state index contributed by atoms with van der Waals surface area (Å²) in [5, 5.41) is -0.484. The Labute approximate surface area is 116 Å². The van der Waals surface area contributed by atoms with Crippen LogP contribution < -0.4 is 5.73 Å². The van der Waals surface area contributed by atoms with Crippen molar-refractivity contribution in [2.45, 2.75) is 30.5 Å². The van der Waals surface area contributed by atoms with E-state index in [1.54, 1.807) is 25.1 Å². The number of ether oxygens (including phenoxy) is 1. The van der Waals surface area contributed by atoms with Gasteiger partial charge in [0, 0.05) is 18.4 Å². The Bertz CT molecular complexity index is 738. The minimum Gasteiger partial charge on any atom is -0.440 e. The van der Waals surface area contributed by atoms with Crippen LogP contribution in [0.1, 0.15) is 19.2 Å². The Morgan fingerprint density at radius 1 is 1.45 bits per heavy atom. The van der Waals surface area contributed by atoms with Gasteiger partial charge in [-0.1, -0.05) is 0 Å². The number of hydrogen-bond donors (Lipinski definition) is 1. The molecule has 1 fully saturated rings. The number of nitrogen functional groups attached to an aromatic ring is 1. The zero-order valence-corrected chi connectivity index (χ0v) is 11.9. The summed E-state index contributed by atoms with van der Waals surface area (Å²) in [5.74, 6) is -0.00959. The number of anilines is 1. The van der Waals surface area contributed by atoms with Crippen molar-refractivity contribution >= 4 is 26.6 Å². The fraction of sp³-hybridized carbons (Fsp3) is 0.462. The molecule has 3 rings (SSSR count). The van der Waals surface area contributed by atoms with E-state index < -0.39 is 15.1 Å². The molecule has 2 N–H and O–H groups in total. The number of sulfone groups is 1. The van der Waals surface area contributed by atoms with Gasteiger partial charge in [0.1, 0.15) is 11.3 Å². The lowest BCUT2D eigenvalue weighted by atomic mass is 10.3. The molecular formula is C13H16N2O4S. The van der Waals surface area contributed by atoms with Crippen LogP contribution in [0.2, 0.25) is 0 Å². The second-order valence-electron chi connectivity index (χ2n) is 5.05. The van der Waals surface area contributed by atoms with Crippen LogP contribution in [0.5, 0.6) is 0 Å². The summed E-state index contributed by atoms with van der Waals surface area (Å²) in [7, 11) is -3.33. The molecule has 7 heteroatoms. The maximum atomic E-state index is 12.4. The van der Waals surface area contributed by atoms with Gasteiger partial charge in [-0.3, -0.25) is 0 Å². The highest BCUT2D eigenvalue weighted by atomic mass is 32.2. The van der Waals surface area contributed by atoms with E-state index in [-0.39, 0.29) is 17.7 Å². The molecule has 2 atom stereocenters. The first-order chi connectivity index (χ1) is 9.45. The summed E-state index contributed by atoms with van der Waals surface area (Å²) >= 11 is 0. The minimum absolute atomic E-state index is 0.199. The van der Waals surface area contributed by atoms with Gasteiger partial charge in [-0.05, 0) is 25.5 Å². The van der Waals surface area contributed by atoms with Gasteiger partial charge in [0.2, 0.25) is 5.89 Å². The Kier molecular flexibility index (Phi) is 3.18. The molecule has 0 aliphatic carbocycles. The van der Waals surface area contributed by atoms with Crippen molar-refractivity contribution in [1.29, 1.82) is 0 Å². The van der Waals surface area contributed by atoms with E-state index in [1.165, 1.54) is 0 Å². The van der Waals surface area contributed by atoms with Gasteiger partial charge in [0.05, 0.1) is 11.4 Å². The van der Waals surface area contributed by atoms with E-state index in [4.69, 9.17) is 14.9 Å². The molecule has 0 bridgehead atoms. The number of oxazole rings is 1. The SMILES string of the molecule is CC1OCCC1S(=O)(=O)Cc1nc2ccc(N)cc2o1. The van der Waals surface area contributed by atoms with Gasteiger partial charge >= 0.3 is 0 Å². The predicted molar refractivity (Wildman–Crippen MR) is 74.9 cm³/mol. The zero-order chi connectivity index (χ0) is 14.3. The molecule has 0 radical (unpaired) electrons. The summed E-state index contributed by atoms with van der Waals surface area (Å²) in [6.45, 7) is 2.26. The van der Waals surface area contributed by atoms with Crippen LogP contribution in [0.15, 0.2) is 22.6 Å². The van der Waals surface area contributed by atoms with Gasteiger partial charge < -0.3 is 14.9 Å². The molecule has 108 valence electrons. The second-order valence-corrected chi connectivity index (χ2v) is 7.26. The highest BCUT2D eigenvalue weighted by Gasteiger charge is 2.36. The van der Waals surface area contributed by atoms with E-state index in [0.29, 0.717) is 29.8 Å². The molecule has 2 unspecified atom stereocenters. The largest absolute Gasteiger partial charge is 0.440 e. The van der Waals surface area contributed by atoms with Crippen LogP contribution in [0.4, 0.5) is 5.69 Å². The van der Waals surface area contributed by atoms with Crippen molar-refractivity contribution in [3.8, 4) is 0 Å². The Hall–Kier alpha value is -1.60. The van der Waals surface area contributed by atoms with Crippen LogP contribution in [0.3, 0.4) is 0 Å². The van der Waals surface area contributed by atoms with Gasteiger partial charge in [-0.25, -0.2) is 13.4 Å². The van der Waals surface area contributed by atoms with Crippen LogP contribution in [0.25, 0.3) is 11.1 Å². The van der Waals surface area contributed by atoms with E-state index in [0.717, 1.165) is 0 Å². The summed E-state index contributed by atoms with van der Waals surface area (Å²) in [6, 6.07) is 5.06. The van der Waals surface area contributed by atoms with E-state index in [2.05, 4.69) is 4.98 Å². The molecule has 6 nitrogen and oxygen atoms in total. The molecular weight excluding hydrogens is 280 g/mol. The molecule has 20 heavy (non-hydrogen) atoms. The number of hydrogen-bond acceptors (Lipinski definition) is 6. The topological polar surface area (TPSA) is 95.4 Å². The smallest absolute Gasteiger partial charge is 0.210 e. The monoisotopic (exact) mass is 296 g/mol. The standard InChI is InChI=1S/C13H16N2O4S/c1-8-12(4-5-18-8)20(16,17)7-13-15-10-3-2-9(14)6-11(10)19-13/h2-3,6,8,12H,4-5,7,14H2,1H3. The highest BCUT2D eigenvalue weighted by molar-refractivity contribution is 7.91. The third-order valence-electron chi connectivity index (χ3n) is 3.55. The number of nitrogens with zero attached hydrogens (tertiary/aromatic N) is 1. The summed E-state index contributed by atoms with van der Waals surface area (Å²) < 4.78 is 35.5. The Morgan fingerprint density at radius 3 is 2.95 bits per heavy atom. The first-order valence-corrected chi connectivity index (χ1v) is 8.15. The summed E-state index contributed by atoms with van der Waals surface area (Å²) in [4.78, 5) is 4.19. The quantitative estimate of drug-likeness (QED) is 0.862.